The van der Waals surface area contributed by atoms with E-state index in [1.807, 2.05) is 37.3 Å². The van der Waals surface area contributed by atoms with Crippen LogP contribution in [0.2, 0.25) is 0 Å². The molecule has 0 saturated carbocycles. The number of carbonyl (C=O) groups excluding carboxylic acids is 1. The van der Waals surface area contributed by atoms with Crippen molar-refractivity contribution in [1.29, 1.82) is 0 Å². The quantitative estimate of drug-likeness (QED) is 0.639. The number of amides is 1. The Morgan fingerprint density at radius 1 is 1.10 bits per heavy atom. The third-order valence-electron chi connectivity index (χ3n) is 4.46. The van der Waals surface area contributed by atoms with E-state index in [1.165, 1.54) is 19.8 Å². The van der Waals surface area contributed by atoms with Crippen LogP contribution in [0.1, 0.15) is 18.9 Å². The minimum atomic E-state index is -3.70. The number of hydrogen-bond donors (Lipinski definition) is 1. The van der Waals surface area contributed by atoms with Crippen LogP contribution in [0.25, 0.3) is 0 Å². The van der Waals surface area contributed by atoms with Crippen LogP contribution < -0.4 is 19.1 Å². The smallest absolute Gasteiger partial charge is 0.240 e. The first-order valence-corrected chi connectivity index (χ1v) is 11.1. The Labute approximate surface area is 172 Å². The maximum absolute atomic E-state index is 12.5. The van der Waals surface area contributed by atoms with Gasteiger partial charge in [-0.25, -0.2) is 8.42 Å². The largest absolute Gasteiger partial charge is 0.497 e. The third kappa shape index (κ3) is 6.67. The van der Waals surface area contributed by atoms with E-state index in [1.54, 1.807) is 18.2 Å². The van der Waals surface area contributed by atoms with Crippen molar-refractivity contribution in [3.8, 4) is 11.5 Å². The summed E-state index contributed by atoms with van der Waals surface area (Å²) in [7, 11) is -0.763. The first-order chi connectivity index (χ1) is 13.7. The highest BCUT2D eigenvalue weighted by atomic mass is 32.2. The van der Waals surface area contributed by atoms with Gasteiger partial charge in [0, 0.05) is 12.1 Å². The van der Waals surface area contributed by atoms with Gasteiger partial charge in [-0.15, -0.1) is 0 Å². The molecular formula is C21H28N2O5S. The molecule has 158 valence electrons. The van der Waals surface area contributed by atoms with E-state index in [0.717, 1.165) is 23.4 Å². The second-order valence-corrected chi connectivity index (χ2v) is 8.71. The van der Waals surface area contributed by atoms with Gasteiger partial charge in [-0.1, -0.05) is 30.3 Å². The second kappa shape index (κ2) is 10.2. The lowest BCUT2D eigenvalue weighted by Gasteiger charge is -2.25. The summed E-state index contributed by atoms with van der Waals surface area (Å²) < 4.78 is 36.2. The fraction of sp³-hybridized carbons (Fsp3) is 0.381. The molecule has 1 atom stereocenters. The number of benzene rings is 2. The normalized spacial score (nSPS) is 12.1. The highest BCUT2D eigenvalue weighted by molar-refractivity contribution is 7.92. The number of rotatable bonds is 10. The van der Waals surface area contributed by atoms with E-state index in [2.05, 4.69) is 5.32 Å². The highest BCUT2D eigenvalue weighted by Gasteiger charge is 2.25. The summed E-state index contributed by atoms with van der Waals surface area (Å²) in [6.45, 7) is 1.57. The maximum atomic E-state index is 12.5. The maximum Gasteiger partial charge on any atom is 0.240 e. The van der Waals surface area contributed by atoms with E-state index in [4.69, 9.17) is 9.47 Å². The van der Waals surface area contributed by atoms with E-state index in [9.17, 15) is 13.2 Å². The third-order valence-corrected chi connectivity index (χ3v) is 5.59. The number of nitrogens with zero attached hydrogens (tertiary/aromatic N) is 1. The van der Waals surface area contributed by atoms with E-state index in [0.29, 0.717) is 11.5 Å². The zero-order chi connectivity index (χ0) is 21.4. The zero-order valence-corrected chi connectivity index (χ0v) is 18.0. The van der Waals surface area contributed by atoms with Crippen LogP contribution in [0.5, 0.6) is 11.5 Å². The summed E-state index contributed by atoms with van der Waals surface area (Å²) in [5, 5.41) is 2.87. The Hall–Kier alpha value is -2.74. The number of hydrogen-bond acceptors (Lipinski definition) is 5. The molecular weight excluding hydrogens is 392 g/mol. The van der Waals surface area contributed by atoms with Crippen molar-refractivity contribution in [2.75, 3.05) is 31.3 Å². The number of carbonyl (C=O) groups is 1. The number of nitrogens with one attached hydrogen (secondary N) is 1. The van der Waals surface area contributed by atoms with Gasteiger partial charge in [0.25, 0.3) is 0 Å². The lowest BCUT2D eigenvalue weighted by atomic mass is 10.1. The van der Waals surface area contributed by atoms with Crippen LogP contribution in [-0.4, -0.2) is 47.4 Å². The van der Waals surface area contributed by atoms with Crippen LogP contribution in [0.4, 0.5) is 5.69 Å². The van der Waals surface area contributed by atoms with E-state index >= 15 is 0 Å². The molecule has 0 aliphatic rings. The number of ether oxygens (including phenoxy) is 2. The zero-order valence-electron chi connectivity index (χ0n) is 17.2. The molecule has 2 aromatic rings. The van der Waals surface area contributed by atoms with Crippen LogP contribution >= 0.6 is 0 Å². The molecule has 0 aromatic heterocycles. The van der Waals surface area contributed by atoms with Crippen LogP contribution in [-0.2, 0) is 21.2 Å². The lowest BCUT2D eigenvalue weighted by molar-refractivity contribution is -0.120. The van der Waals surface area contributed by atoms with Gasteiger partial charge < -0.3 is 14.8 Å². The molecule has 7 nitrogen and oxygen atoms in total. The fourth-order valence-corrected chi connectivity index (χ4v) is 3.78. The van der Waals surface area contributed by atoms with Gasteiger partial charge in [0.1, 0.15) is 18.0 Å². The number of sulfonamides is 1. The van der Waals surface area contributed by atoms with Crippen molar-refractivity contribution in [2.24, 2.45) is 0 Å². The van der Waals surface area contributed by atoms with Gasteiger partial charge in [-0.2, -0.15) is 0 Å². The van der Waals surface area contributed by atoms with Gasteiger partial charge in [-0.3, -0.25) is 9.10 Å². The molecule has 1 unspecified atom stereocenters. The molecule has 1 amide bonds. The molecule has 0 aliphatic carbocycles. The van der Waals surface area contributed by atoms with Crippen LogP contribution in [0.15, 0.2) is 48.5 Å². The van der Waals surface area contributed by atoms with E-state index < -0.39 is 10.0 Å². The first-order valence-electron chi connectivity index (χ1n) is 9.27. The minimum absolute atomic E-state index is 0.0955. The summed E-state index contributed by atoms with van der Waals surface area (Å²) in [4.78, 5) is 12.5. The summed E-state index contributed by atoms with van der Waals surface area (Å²) in [5.41, 5.74) is 1.47. The van der Waals surface area contributed by atoms with Crippen LogP contribution in [0, 0.1) is 0 Å². The fourth-order valence-electron chi connectivity index (χ4n) is 2.92. The van der Waals surface area contributed by atoms with Crippen molar-refractivity contribution < 1.29 is 22.7 Å². The molecule has 0 radical (unpaired) electrons. The predicted octanol–water partition coefficient (Wildman–Crippen LogP) is 2.61. The Bertz CT molecular complexity index is 916. The van der Waals surface area contributed by atoms with Gasteiger partial charge in [0.15, 0.2) is 0 Å². The molecule has 0 heterocycles. The number of methoxy groups -OCH3 is 2. The molecule has 2 aromatic carbocycles. The monoisotopic (exact) mass is 420 g/mol. The van der Waals surface area contributed by atoms with Gasteiger partial charge >= 0.3 is 0 Å². The van der Waals surface area contributed by atoms with Gasteiger partial charge in [0.2, 0.25) is 15.9 Å². The van der Waals surface area contributed by atoms with Crippen molar-refractivity contribution in [3.05, 3.63) is 54.1 Å². The Morgan fingerprint density at radius 2 is 1.79 bits per heavy atom. The first kappa shape index (κ1) is 22.5. The topological polar surface area (TPSA) is 84.9 Å². The standard InChI is InChI=1S/C21H28N2O5S/c1-16(10-11-17-8-6-5-7-9-17)22-21(24)15-23(29(4,25)26)19-13-12-18(27-2)14-20(19)28-3/h5-9,12-14,16H,10-11,15H2,1-4H3,(H,22,24). The molecule has 2 rings (SSSR count). The highest BCUT2D eigenvalue weighted by Crippen LogP contribution is 2.33. The van der Waals surface area contributed by atoms with Crippen molar-refractivity contribution in [1.82, 2.24) is 5.32 Å². The average molecular weight is 421 g/mol. The van der Waals surface area contributed by atoms with E-state index in [-0.39, 0.29) is 24.2 Å². The molecule has 8 heteroatoms. The van der Waals surface area contributed by atoms with Gasteiger partial charge in [0.05, 0.1) is 26.2 Å². The molecule has 0 fully saturated rings. The lowest BCUT2D eigenvalue weighted by Crippen LogP contribution is -2.43. The summed E-state index contributed by atoms with van der Waals surface area (Å²) >= 11 is 0. The van der Waals surface area contributed by atoms with Crippen LogP contribution in [0.3, 0.4) is 0 Å². The molecule has 29 heavy (non-hydrogen) atoms. The minimum Gasteiger partial charge on any atom is -0.497 e. The second-order valence-electron chi connectivity index (χ2n) is 6.80. The molecule has 1 N–H and O–H groups in total. The SMILES string of the molecule is COc1ccc(N(CC(=O)NC(C)CCc2ccccc2)S(C)(=O)=O)c(OC)c1. The summed E-state index contributed by atoms with van der Waals surface area (Å²) in [5.74, 6) is 0.451. The predicted molar refractivity (Wildman–Crippen MR) is 114 cm³/mol. The average Bonchev–Trinajstić information content (AvgIpc) is 2.70. The Morgan fingerprint density at radius 3 is 2.38 bits per heavy atom. The molecule has 0 saturated heterocycles. The van der Waals surface area contributed by atoms with Crippen molar-refractivity contribution >= 4 is 21.6 Å². The Kier molecular flexibility index (Phi) is 7.90. The summed E-state index contributed by atoms with van der Waals surface area (Å²) in [6, 6.07) is 14.7. The number of anilines is 1. The van der Waals surface area contributed by atoms with Gasteiger partial charge in [-0.05, 0) is 37.5 Å². The molecule has 0 bridgehead atoms. The Balaban J connectivity index is 2.07. The van der Waals surface area contributed by atoms with Crippen molar-refractivity contribution in [2.45, 2.75) is 25.8 Å². The summed E-state index contributed by atoms with van der Waals surface area (Å²) in [6.07, 6.45) is 2.63. The number of aryl methyl sites for hydroxylation is 1. The molecule has 0 aliphatic heterocycles. The van der Waals surface area contributed by atoms with Crippen molar-refractivity contribution in [3.63, 3.8) is 0 Å². The molecule has 0 spiro atoms.